The van der Waals surface area contributed by atoms with Gasteiger partial charge in [0.1, 0.15) is 0 Å². The number of hydrogen-bond donors (Lipinski definition) is 0. The first-order valence-electron chi connectivity index (χ1n) is 10.4. The zero-order valence-corrected chi connectivity index (χ0v) is 17.3. The Morgan fingerprint density at radius 1 is 0.517 bits per heavy atom. The summed E-state index contributed by atoms with van der Waals surface area (Å²) in [6.45, 7) is 6.95. The molecule has 1 aliphatic rings. The van der Waals surface area contributed by atoms with Crippen molar-refractivity contribution in [2.75, 3.05) is 0 Å². The first-order chi connectivity index (χ1) is 14.0. The van der Waals surface area contributed by atoms with Crippen LogP contribution in [0.1, 0.15) is 48.6 Å². The summed E-state index contributed by atoms with van der Waals surface area (Å²) in [4.78, 5) is 0. The first kappa shape index (κ1) is 17.9. The Morgan fingerprint density at radius 2 is 1.03 bits per heavy atom. The normalized spacial score (nSPS) is 14.3. The smallest absolute Gasteiger partial charge is 0.0622 e. The Morgan fingerprint density at radius 3 is 1.62 bits per heavy atom. The average molecular weight is 375 g/mol. The van der Waals surface area contributed by atoms with Crippen LogP contribution in [-0.2, 0) is 10.8 Å². The van der Waals surface area contributed by atoms with Crippen molar-refractivity contribution >= 4 is 0 Å². The molecule has 0 bridgehead atoms. The van der Waals surface area contributed by atoms with Gasteiger partial charge in [0.2, 0.25) is 0 Å². The maximum absolute atomic E-state index is 2.34. The SMILES string of the molecule is CC(C)(C)c1cccc2c1-c1ccccc1C2(c1ccccc1)c1ccccc1. The fourth-order valence-electron chi connectivity index (χ4n) is 5.12. The lowest BCUT2D eigenvalue weighted by molar-refractivity contribution is 0.591. The summed E-state index contributed by atoms with van der Waals surface area (Å²) in [6, 6.07) is 37.8. The van der Waals surface area contributed by atoms with Crippen LogP contribution in [0.15, 0.2) is 103 Å². The largest absolute Gasteiger partial charge is 0.0713 e. The van der Waals surface area contributed by atoms with Crippen LogP contribution < -0.4 is 0 Å². The molecule has 0 atom stereocenters. The minimum absolute atomic E-state index is 0.0713. The van der Waals surface area contributed by atoms with Gasteiger partial charge in [0.05, 0.1) is 5.41 Å². The Labute approximate surface area is 173 Å². The molecule has 142 valence electrons. The summed E-state index contributed by atoms with van der Waals surface area (Å²) in [6.07, 6.45) is 0. The van der Waals surface area contributed by atoms with Crippen LogP contribution >= 0.6 is 0 Å². The highest BCUT2D eigenvalue weighted by molar-refractivity contribution is 5.88. The molecule has 5 rings (SSSR count). The maximum Gasteiger partial charge on any atom is 0.0713 e. The van der Waals surface area contributed by atoms with Crippen molar-refractivity contribution in [3.63, 3.8) is 0 Å². The van der Waals surface area contributed by atoms with Gasteiger partial charge in [-0.15, -0.1) is 0 Å². The fourth-order valence-corrected chi connectivity index (χ4v) is 5.12. The zero-order chi connectivity index (χ0) is 20.1. The summed E-state index contributed by atoms with van der Waals surface area (Å²) in [5.74, 6) is 0. The van der Waals surface area contributed by atoms with Crippen molar-refractivity contribution in [3.05, 3.63) is 131 Å². The van der Waals surface area contributed by atoms with Gasteiger partial charge in [-0.1, -0.05) is 124 Å². The minimum Gasteiger partial charge on any atom is -0.0622 e. The van der Waals surface area contributed by atoms with Crippen molar-refractivity contribution in [1.29, 1.82) is 0 Å². The molecule has 1 aliphatic carbocycles. The third-order valence-corrected chi connectivity index (χ3v) is 6.29. The molecule has 0 N–H and O–H groups in total. The van der Waals surface area contributed by atoms with E-state index in [0.29, 0.717) is 0 Å². The Balaban J connectivity index is 1.99. The summed E-state index contributed by atoms with van der Waals surface area (Å²) in [5, 5.41) is 0. The van der Waals surface area contributed by atoms with E-state index in [0.717, 1.165) is 0 Å². The average Bonchev–Trinajstić information content (AvgIpc) is 3.06. The second-order valence-corrected chi connectivity index (χ2v) is 9.01. The summed E-state index contributed by atoms with van der Waals surface area (Å²) < 4.78 is 0. The van der Waals surface area contributed by atoms with Crippen molar-refractivity contribution in [1.82, 2.24) is 0 Å². The fraction of sp³-hybridized carbons (Fsp3) is 0.172. The molecule has 0 saturated heterocycles. The van der Waals surface area contributed by atoms with Crippen LogP contribution in [0.2, 0.25) is 0 Å². The molecule has 4 aromatic carbocycles. The van der Waals surface area contributed by atoms with E-state index in [1.807, 2.05) is 0 Å². The summed E-state index contributed by atoms with van der Waals surface area (Å²) in [5.41, 5.74) is 9.37. The van der Waals surface area contributed by atoms with Crippen LogP contribution in [0.5, 0.6) is 0 Å². The van der Waals surface area contributed by atoms with E-state index in [-0.39, 0.29) is 10.8 Å². The van der Waals surface area contributed by atoms with Gasteiger partial charge in [0.25, 0.3) is 0 Å². The third kappa shape index (κ3) is 2.52. The second-order valence-electron chi connectivity index (χ2n) is 9.01. The van der Waals surface area contributed by atoms with E-state index in [9.17, 15) is 0 Å². The molecule has 0 spiro atoms. The summed E-state index contributed by atoms with van der Waals surface area (Å²) in [7, 11) is 0. The van der Waals surface area contributed by atoms with E-state index < -0.39 is 0 Å². The van der Waals surface area contributed by atoms with Crippen LogP contribution in [-0.4, -0.2) is 0 Å². The number of hydrogen-bond acceptors (Lipinski definition) is 0. The zero-order valence-electron chi connectivity index (χ0n) is 17.3. The highest BCUT2D eigenvalue weighted by Crippen LogP contribution is 2.57. The monoisotopic (exact) mass is 374 g/mol. The van der Waals surface area contributed by atoms with Gasteiger partial charge in [-0.2, -0.15) is 0 Å². The van der Waals surface area contributed by atoms with Gasteiger partial charge in [0, 0.05) is 0 Å². The number of rotatable bonds is 2. The Bertz CT molecular complexity index is 1120. The summed E-state index contributed by atoms with van der Waals surface area (Å²) >= 11 is 0. The van der Waals surface area contributed by atoms with E-state index in [2.05, 4.69) is 124 Å². The second kappa shape index (κ2) is 6.46. The lowest BCUT2D eigenvalue weighted by Gasteiger charge is -2.34. The first-order valence-corrected chi connectivity index (χ1v) is 10.4. The molecule has 29 heavy (non-hydrogen) atoms. The van der Waals surface area contributed by atoms with Gasteiger partial charge in [-0.05, 0) is 44.4 Å². The molecule has 0 unspecified atom stereocenters. The molecule has 0 heteroatoms. The maximum atomic E-state index is 2.34. The van der Waals surface area contributed by atoms with E-state index in [4.69, 9.17) is 0 Å². The quantitative estimate of drug-likeness (QED) is 0.303. The van der Waals surface area contributed by atoms with Crippen molar-refractivity contribution < 1.29 is 0 Å². The van der Waals surface area contributed by atoms with Gasteiger partial charge < -0.3 is 0 Å². The van der Waals surface area contributed by atoms with Gasteiger partial charge in [0.15, 0.2) is 0 Å². The molecular formula is C29H26. The predicted molar refractivity (Wildman–Crippen MR) is 122 cm³/mol. The molecule has 0 saturated carbocycles. The number of benzene rings is 4. The molecule has 0 aliphatic heterocycles. The van der Waals surface area contributed by atoms with Gasteiger partial charge >= 0.3 is 0 Å². The molecule has 0 nitrogen and oxygen atoms in total. The number of fused-ring (bicyclic) bond motifs is 3. The van der Waals surface area contributed by atoms with Crippen molar-refractivity contribution in [3.8, 4) is 11.1 Å². The Hall–Kier alpha value is -3.12. The Kier molecular flexibility index (Phi) is 3.99. The molecule has 0 heterocycles. The molecule has 0 fully saturated rings. The highest BCUT2D eigenvalue weighted by Gasteiger charge is 2.47. The molecule has 0 radical (unpaired) electrons. The van der Waals surface area contributed by atoms with Crippen molar-refractivity contribution in [2.45, 2.75) is 31.6 Å². The van der Waals surface area contributed by atoms with E-state index in [1.165, 1.54) is 38.9 Å². The van der Waals surface area contributed by atoms with Crippen molar-refractivity contribution in [2.24, 2.45) is 0 Å². The molecule has 0 amide bonds. The molecule has 4 aromatic rings. The van der Waals surface area contributed by atoms with Crippen LogP contribution in [0.4, 0.5) is 0 Å². The standard InChI is InChI=1S/C29H26/c1-28(2,3)25-19-12-20-26-27(25)23-17-10-11-18-24(23)29(26,21-13-6-4-7-14-21)22-15-8-5-9-16-22/h4-20H,1-3H3. The predicted octanol–water partition coefficient (Wildman–Crippen LogP) is 7.35. The third-order valence-electron chi connectivity index (χ3n) is 6.29. The van der Waals surface area contributed by atoms with Crippen LogP contribution in [0.3, 0.4) is 0 Å². The van der Waals surface area contributed by atoms with Gasteiger partial charge in [-0.3, -0.25) is 0 Å². The minimum atomic E-state index is -0.296. The highest BCUT2D eigenvalue weighted by atomic mass is 14.5. The van der Waals surface area contributed by atoms with Crippen LogP contribution in [0, 0.1) is 0 Å². The van der Waals surface area contributed by atoms with Crippen LogP contribution in [0.25, 0.3) is 11.1 Å². The molecular weight excluding hydrogens is 348 g/mol. The lowest BCUT2D eigenvalue weighted by Crippen LogP contribution is -2.28. The lowest BCUT2D eigenvalue weighted by atomic mass is 9.67. The molecule has 0 aromatic heterocycles. The van der Waals surface area contributed by atoms with E-state index in [1.54, 1.807) is 0 Å². The topological polar surface area (TPSA) is 0 Å². The van der Waals surface area contributed by atoms with Gasteiger partial charge in [-0.25, -0.2) is 0 Å². The van der Waals surface area contributed by atoms with E-state index >= 15 is 0 Å².